The van der Waals surface area contributed by atoms with Crippen molar-refractivity contribution in [1.29, 1.82) is 0 Å². The van der Waals surface area contributed by atoms with Crippen LogP contribution in [-0.2, 0) is 4.79 Å². The molecule has 3 aromatic carbocycles. The molecule has 152 valence electrons. The molecule has 0 saturated carbocycles. The summed E-state index contributed by atoms with van der Waals surface area (Å²) in [6, 6.07) is 23.5. The standard InChI is InChI=1S/C24H21ClN2O2S/c1-16-11-13-18(14-12-16)26-22(28)21-15-30-24(19-9-5-6-10-20(19)25)27(21)23(29)17-7-3-2-4-8-17/h2-14,21,24H,15H2,1H3,(H,26,28). The minimum Gasteiger partial charge on any atom is -0.324 e. The number of thioether (sulfide) groups is 1. The van der Waals surface area contributed by atoms with Gasteiger partial charge in [-0.3, -0.25) is 9.59 Å². The number of carbonyl (C=O) groups excluding carboxylic acids is 2. The number of nitrogens with zero attached hydrogens (tertiary/aromatic N) is 1. The minimum atomic E-state index is -0.606. The molecule has 3 aromatic rings. The van der Waals surface area contributed by atoms with Crippen molar-refractivity contribution in [2.24, 2.45) is 0 Å². The Morgan fingerprint density at radius 3 is 2.33 bits per heavy atom. The summed E-state index contributed by atoms with van der Waals surface area (Å²) < 4.78 is 0. The average molecular weight is 437 g/mol. The third-order valence-corrected chi connectivity index (χ3v) is 6.70. The lowest BCUT2D eigenvalue weighted by Gasteiger charge is -2.29. The zero-order valence-corrected chi connectivity index (χ0v) is 18.0. The van der Waals surface area contributed by atoms with Gasteiger partial charge in [-0.25, -0.2) is 0 Å². The van der Waals surface area contributed by atoms with Crippen LogP contribution in [0.2, 0.25) is 5.02 Å². The topological polar surface area (TPSA) is 49.4 Å². The summed E-state index contributed by atoms with van der Waals surface area (Å²) in [7, 11) is 0. The van der Waals surface area contributed by atoms with Crippen LogP contribution in [0.5, 0.6) is 0 Å². The fourth-order valence-electron chi connectivity index (χ4n) is 3.46. The van der Waals surface area contributed by atoms with Gasteiger partial charge in [0.1, 0.15) is 11.4 Å². The van der Waals surface area contributed by atoms with Crippen LogP contribution < -0.4 is 5.32 Å². The van der Waals surface area contributed by atoms with Crippen molar-refractivity contribution in [2.45, 2.75) is 18.3 Å². The van der Waals surface area contributed by atoms with E-state index >= 15 is 0 Å². The lowest BCUT2D eigenvalue weighted by molar-refractivity contribution is -0.119. The Balaban J connectivity index is 1.66. The van der Waals surface area contributed by atoms with Crippen molar-refractivity contribution in [1.82, 2.24) is 4.90 Å². The van der Waals surface area contributed by atoms with Crippen molar-refractivity contribution in [2.75, 3.05) is 11.1 Å². The number of benzene rings is 3. The third kappa shape index (κ3) is 4.23. The Labute approximate surface area is 185 Å². The first-order chi connectivity index (χ1) is 14.5. The summed E-state index contributed by atoms with van der Waals surface area (Å²) in [5.74, 6) is 0.103. The predicted octanol–water partition coefficient (Wildman–Crippen LogP) is 5.54. The van der Waals surface area contributed by atoms with Gasteiger partial charge in [-0.15, -0.1) is 11.8 Å². The number of hydrogen-bond donors (Lipinski definition) is 1. The number of aryl methyl sites for hydroxylation is 1. The second-order valence-electron chi connectivity index (χ2n) is 7.16. The Morgan fingerprint density at radius 1 is 0.967 bits per heavy atom. The molecular weight excluding hydrogens is 416 g/mol. The van der Waals surface area contributed by atoms with Gasteiger partial charge in [0.05, 0.1) is 0 Å². The molecular formula is C24H21ClN2O2S. The molecule has 1 heterocycles. The molecule has 4 nitrogen and oxygen atoms in total. The molecule has 1 saturated heterocycles. The van der Waals surface area contributed by atoms with Crippen molar-refractivity contribution >= 4 is 40.9 Å². The average Bonchev–Trinajstić information content (AvgIpc) is 3.21. The van der Waals surface area contributed by atoms with E-state index < -0.39 is 6.04 Å². The van der Waals surface area contributed by atoms with Crippen molar-refractivity contribution < 1.29 is 9.59 Å². The van der Waals surface area contributed by atoms with Gasteiger partial charge in [-0.05, 0) is 37.3 Å². The second-order valence-corrected chi connectivity index (χ2v) is 8.68. The van der Waals surface area contributed by atoms with Crippen LogP contribution in [0.4, 0.5) is 5.69 Å². The number of hydrogen-bond acceptors (Lipinski definition) is 3. The monoisotopic (exact) mass is 436 g/mol. The van der Waals surface area contributed by atoms with E-state index in [4.69, 9.17) is 11.6 Å². The first-order valence-electron chi connectivity index (χ1n) is 9.66. The van der Waals surface area contributed by atoms with E-state index in [1.165, 1.54) is 0 Å². The van der Waals surface area contributed by atoms with E-state index in [0.29, 0.717) is 22.0 Å². The number of anilines is 1. The fraction of sp³-hybridized carbons (Fsp3) is 0.167. The quantitative estimate of drug-likeness (QED) is 0.583. The number of nitrogens with one attached hydrogen (secondary N) is 1. The number of amides is 2. The molecule has 2 amide bonds. The van der Waals surface area contributed by atoms with E-state index in [1.807, 2.05) is 73.7 Å². The van der Waals surface area contributed by atoms with Gasteiger partial charge >= 0.3 is 0 Å². The Bertz CT molecular complexity index is 1060. The summed E-state index contributed by atoms with van der Waals surface area (Å²) in [4.78, 5) is 28.3. The molecule has 0 spiro atoms. The summed E-state index contributed by atoms with van der Waals surface area (Å²) in [5, 5.41) is 3.21. The molecule has 0 aliphatic carbocycles. The molecule has 30 heavy (non-hydrogen) atoms. The Kier molecular flexibility index (Phi) is 6.11. The van der Waals surface area contributed by atoms with E-state index in [2.05, 4.69) is 5.32 Å². The van der Waals surface area contributed by atoms with Crippen LogP contribution in [0.1, 0.15) is 26.9 Å². The largest absolute Gasteiger partial charge is 0.324 e. The maximum atomic E-state index is 13.4. The molecule has 1 N–H and O–H groups in total. The maximum absolute atomic E-state index is 13.4. The molecule has 2 unspecified atom stereocenters. The Morgan fingerprint density at radius 2 is 1.63 bits per heavy atom. The van der Waals surface area contributed by atoms with E-state index in [-0.39, 0.29) is 17.2 Å². The second kappa shape index (κ2) is 8.94. The normalized spacial score (nSPS) is 18.3. The summed E-state index contributed by atoms with van der Waals surface area (Å²) >= 11 is 7.99. The van der Waals surface area contributed by atoms with E-state index in [0.717, 1.165) is 11.1 Å². The van der Waals surface area contributed by atoms with Gasteiger partial charge in [-0.2, -0.15) is 0 Å². The zero-order valence-electron chi connectivity index (χ0n) is 16.4. The highest BCUT2D eigenvalue weighted by Crippen LogP contribution is 2.44. The molecule has 1 aliphatic heterocycles. The van der Waals surface area contributed by atoms with Crippen molar-refractivity contribution in [3.8, 4) is 0 Å². The predicted molar refractivity (Wildman–Crippen MR) is 123 cm³/mol. The number of halogens is 1. The van der Waals surface area contributed by atoms with Crippen LogP contribution in [0.15, 0.2) is 78.9 Å². The first kappa shape index (κ1) is 20.5. The summed E-state index contributed by atoms with van der Waals surface area (Å²) in [6.07, 6.45) is 0. The fourth-order valence-corrected chi connectivity index (χ4v) is 5.23. The molecule has 1 aliphatic rings. The van der Waals surface area contributed by atoms with Crippen LogP contribution in [0, 0.1) is 6.92 Å². The minimum absolute atomic E-state index is 0.186. The van der Waals surface area contributed by atoms with Gasteiger partial charge in [0, 0.05) is 27.6 Å². The van der Waals surface area contributed by atoms with Crippen molar-refractivity contribution in [3.05, 3.63) is 101 Å². The van der Waals surface area contributed by atoms with Gasteiger partial charge in [-0.1, -0.05) is 65.7 Å². The SMILES string of the molecule is Cc1ccc(NC(=O)C2CSC(c3ccccc3Cl)N2C(=O)c2ccccc2)cc1. The lowest BCUT2D eigenvalue weighted by Crippen LogP contribution is -2.45. The molecule has 4 rings (SSSR count). The van der Waals surface area contributed by atoms with Gasteiger partial charge in [0.15, 0.2) is 0 Å². The van der Waals surface area contributed by atoms with Crippen LogP contribution in [0.3, 0.4) is 0 Å². The summed E-state index contributed by atoms with van der Waals surface area (Å²) in [6.45, 7) is 1.99. The third-order valence-electron chi connectivity index (χ3n) is 5.05. The highest BCUT2D eigenvalue weighted by atomic mass is 35.5. The van der Waals surface area contributed by atoms with E-state index in [9.17, 15) is 9.59 Å². The number of rotatable bonds is 4. The van der Waals surface area contributed by atoms with Crippen LogP contribution >= 0.6 is 23.4 Å². The molecule has 0 aromatic heterocycles. The maximum Gasteiger partial charge on any atom is 0.255 e. The highest BCUT2D eigenvalue weighted by molar-refractivity contribution is 7.99. The molecule has 0 radical (unpaired) electrons. The highest BCUT2D eigenvalue weighted by Gasteiger charge is 2.43. The Hall–Kier alpha value is -2.76. The van der Waals surface area contributed by atoms with Crippen molar-refractivity contribution in [3.63, 3.8) is 0 Å². The molecule has 1 fully saturated rings. The van der Waals surface area contributed by atoms with Crippen LogP contribution in [0.25, 0.3) is 0 Å². The summed E-state index contributed by atoms with van der Waals surface area (Å²) in [5.41, 5.74) is 3.21. The van der Waals surface area contributed by atoms with Gasteiger partial charge in [0.25, 0.3) is 5.91 Å². The molecule has 2 atom stereocenters. The molecule has 6 heteroatoms. The van der Waals surface area contributed by atoms with Gasteiger partial charge in [0.2, 0.25) is 5.91 Å². The molecule has 0 bridgehead atoms. The lowest BCUT2D eigenvalue weighted by atomic mass is 10.1. The first-order valence-corrected chi connectivity index (χ1v) is 11.1. The van der Waals surface area contributed by atoms with E-state index in [1.54, 1.807) is 28.8 Å². The zero-order chi connectivity index (χ0) is 21.1. The van der Waals surface area contributed by atoms with Gasteiger partial charge < -0.3 is 10.2 Å². The smallest absolute Gasteiger partial charge is 0.255 e. The van der Waals surface area contributed by atoms with Crippen LogP contribution in [-0.4, -0.2) is 28.5 Å². The number of carbonyl (C=O) groups is 2.